The lowest BCUT2D eigenvalue weighted by molar-refractivity contribution is -0.111. The van der Waals surface area contributed by atoms with Crippen LogP contribution < -0.4 is 9.64 Å². The summed E-state index contributed by atoms with van der Waals surface area (Å²) in [6.45, 7) is 6.49. The molecule has 1 aromatic carbocycles. The standard InChI is InChI=1S/C35H41N3O4/c1-23-6-4-7-27(11-8-23)34-24(2)38(35(40)42-34)21-31-29(15-17-33(36-31)37-18-5-19-37)30-20-28(14-16-32(30)41-3)26-12-9-25(22-39)10-13-26/h4,6-8,14-17,20,22,24-26,34H,5,9-13,18-19,21H2,1-3H3/t24-,25?,26?,34-/m0/s1. The van der Waals surface area contributed by atoms with Crippen molar-refractivity contribution in [1.29, 1.82) is 0 Å². The van der Waals surface area contributed by atoms with E-state index in [1.807, 2.05) is 17.0 Å². The Morgan fingerprint density at radius 2 is 1.90 bits per heavy atom. The molecule has 0 radical (unpaired) electrons. The minimum atomic E-state index is -0.308. The quantitative estimate of drug-likeness (QED) is 0.321. The number of anilines is 1. The summed E-state index contributed by atoms with van der Waals surface area (Å²) in [4.78, 5) is 33.9. The average molecular weight is 568 g/mol. The largest absolute Gasteiger partial charge is 0.496 e. The van der Waals surface area contributed by atoms with E-state index in [1.165, 1.54) is 11.1 Å². The number of benzene rings is 1. The molecule has 220 valence electrons. The summed E-state index contributed by atoms with van der Waals surface area (Å²) in [7, 11) is 1.70. The molecule has 7 heteroatoms. The van der Waals surface area contributed by atoms with Gasteiger partial charge in [-0.25, -0.2) is 9.78 Å². The monoisotopic (exact) mass is 567 g/mol. The summed E-state index contributed by atoms with van der Waals surface area (Å²) < 4.78 is 11.8. The molecule has 2 aliphatic carbocycles. The van der Waals surface area contributed by atoms with E-state index in [9.17, 15) is 9.59 Å². The van der Waals surface area contributed by atoms with Crippen molar-refractivity contribution in [3.63, 3.8) is 0 Å². The fraction of sp³-hybridized carbons (Fsp3) is 0.457. The summed E-state index contributed by atoms with van der Waals surface area (Å²) in [6, 6.07) is 10.5. The topological polar surface area (TPSA) is 72.0 Å². The number of nitrogens with zero attached hydrogens (tertiary/aromatic N) is 3. The van der Waals surface area contributed by atoms with Crippen molar-refractivity contribution in [1.82, 2.24) is 9.88 Å². The maximum absolute atomic E-state index is 13.3. The predicted octanol–water partition coefficient (Wildman–Crippen LogP) is 6.98. The van der Waals surface area contributed by atoms with Gasteiger partial charge in [0.05, 0.1) is 25.4 Å². The number of amides is 1. The molecule has 1 saturated carbocycles. The molecule has 2 atom stereocenters. The second kappa shape index (κ2) is 12.2. The number of carbonyl (C=O) groups is 2. The molecular formula is C35H41N3O4. The Balaban J connectivity index is 1.33. The van der Waals surface area contributed by atoms with Gasteiger partial charge in [-0.15, -0.1) is 0 Å². The molecule has 2 aromatic rings. The van der Waals surface area contributed by atoms with E-state index in [-0.39, 0.29) is 24.2 Å². The fourth-order valence-electron chi connectivity index (χ4n) is 6.66. The number of aromatic nitrogens is 1. The van der Waals surface area contributed by atoms with Crippen molar-refractivity contribution < 1.29 is 19.1 Å². The molecule has 2 saturated heterocycles. The smallest absolute Gasteiger partial charge is 0.411 e. The first-order chi connectivity index (χ1) is 20.4. The second-order valence-electron chi connectivity index (χ2n) is 12.1. The maximum atomic E-state index is 13.3. The number of hydrogen-bond acceptors (Lipinski definition) is 6. The van der Waals surface area contributed by atoms with E-state index in [4.69, 9.17) is 14.5 Å². The Labute approximate surface area is 248 Å². The molecule has 1 aromatic heterocycles. The summed E-state index contributed by atoms with van der Waals surface area (Å²) in [6.07, 6.45) is 14.7. The Bertz CT molecular complexity index is 1430. The third kappa shape index (κ3) is 5.61. The molecule has 7 nitrogen and oxygen atoms in total. The number of rotatable bonds is 8. The van der Waals surface area contributed by atoms with Crippen LogP contribution in [-0.2, 0) is 16.1 Å². The fourth-order valence-corrected chi connectivity index (χ4v) is 6.66. The Morgan fingerprint density at radius 1 is 1.10 bits per heavy atom. The van der Waals surface area contributed by atoms with Crippen LogP contribution in [0.3, 0.4) is 0 Å². The zero-order valence-electron chi connectivity index (χ0n) is 24.9. The van der Waals surface area contributed by atoms with E-state index in [0.29, 0.717) is 12.5 Å². The van der Waals surface area contributed by atoms with Crippen molar-refractivity contribution in [2.24, 2.45) is 5.92 Å². The number of cyclic esters (lactones) is 1. The highest BCUT2D eigenvalue weighted by Gasteiger charge is 2.41. The van der Waals surface area contributed by atoms with Gasteiger partial charge >= 0.3 is 6.09 Å². The number of allylic oxidation sites excluding steroid dienone is 5. The number of ether oxygens (including phenoxy) is 2. The number of hydrogen-bond donors (Lipinski definition) is 0. The number of pyridine rings is 1. The third-order valence-electron chi connectivity index (χ3n) is 9.50. The van der Waals surface area contributed by atoms with Crippen LogP contribution in [0.4, 0.5) is 10.6 Å². The van der Waals surface area contributed by atoms with Crippen LogP contribution in [0, 0.1) is 5.92 Å². The van der Waals surface area contributed by atoms with Crippen LogP contribution >= 0.6 is 0 Å². The summed E-state index contributed by atoms with van der Waals surface area (Å²) in [5.41, 5.74) is 6.37. The first-order valence-electron chi connectivity index (χ1n) is 15.3. The van der Waals surface area contributed by atoms with Crippen molar-refractivity contribution in [2.45, 2.75) is 77.0 Å². The molecule has 3 heterocycles. The Kier molecular flexibility index (Phi) is 8.18. The van der Waals surface area contributed by atoms with Gasteiger partial charge in [0.2, 0.25) is 0 Å². The Morgan fingerprint density at radius 3 is 2.62 bits per heavy atom. The second-order valence-corrected chi connectivity index (χ2v) is 12.1. The normalized spacial score (nSPS) is 25.7. The Hall–Kier alpha value is -3.87. The molecule has 2 aliphatic heterocycles. The molecule has 6 rings (SSSR count). The number of methoxy groups -OCH3 is 1. The molecule has 0 spiro atoms. The first kappa shape index (κ1) is 28.3. The van der Waals surface area contributed by atoms with Gasteiger partial charge in [-0.05, 0) is 93.7 Å². The molecule has 0 bridgehead atoms. The van der Waals surface area contributed by atoms with Gasteiger partial charge in [-0.1, -0.05) is 35.9 Å². The van der Waals surface area contributed by atoms with Gasteiger partial charge in [0, 0.05) is 30.1 Å². The molecule has 0 unspecified atom stereocenters. The minimum absolute atomic E-state index is 0.132. The molecular weight excluding hydrogens is 526 g/mol. The lowest BCUT2D eigenvalue weighted by atomic mass is 9.78. The van der Waals surface area contributed by atoms with Gasteiger partial charge in [-0.2, -0.15) is 0 Å². The average Bonchev–Trinajstić information content (AvgIpc) is 3.11. The molecule has 42 heavy (non-hydrogen) atoms. The summed E-state index contributed by atoms with van der Waals surface area (Å²) in [5, 5.41) is 0. The highest BCUT2D eigenvalue weighted by molar-refractivity contribution is 5.76. The van der Waals surface area contributed by atoms with E-state index in [2.05, 4.69) is 61.2 Å². The van der Waals surface area contributed by atoms with Crippen LogP contribution in [0.15, 0.2) is 65.8 Å². The highest BCUT2D eigenvalue weighted by Crippen LogP contribution is 2.41. The molecule has 4 aliphatic rings. The molecule has 1 amide bonds. The summed E-state index contributed by atoms with van der Waals surface area (Å²) >= 11 is 0. The number of aldehydes is 1. The lowest BCUT2D eigenvalue weighted by Crippen LogP contribution is -2.38. The maximum Gasteiger partial charge on any atom is 0.411 e. The van der Waals surface area contributed by atoms with Gasteiger partial charge in [0.25, 0.3) is 0 Å². The van der Waals surface area contributed by atoms with Gasteiger partial charge in [0.1, 0.15) is 24.0 Å². The number of carbonyl (C=O) groups excluding carboxylic acids is 2. The molecule has 3 fully saturated rings. The summed E-state index contributed by atoms with van der Waals surface area (Å²) in [5.74, 6) is 2.32. The third-order valence-corrected chi connectivity index (χ3v) is 9.50. The van der Waals surface area contributed by atoms with E-state index in [0.717, 1.165) is 91.9 Å². The zero-order valence-corrected chi connectivity index (χ0v) is 24.9. The van der Waals surface area contributed by atoms with Crippen LogP contribution in [0.2, 0.25) is 0 Å². The van der Waals surface area contributed by atoms with E-state index >= 15 is 0 Å². The van der Waals surface area contributed by atoms with Crippen LogP contribution in [0.25, 0.3) is 11.1 Å². The highest BCUT2D eigenvalue weighted by atomic mass is 16.6. The predicted molar refractivity (Wildman–Crippen MR) is 165 cm³/mol. The van der Waals surface area contributed by atoms with Crippen LogP contribution in [0.1, 0.15) is 69.5 Å². The lowest BCUT2D eigenvalue weighted by Gasteiger charge is -2.33. The first-order valence-corrected chi connectivity index (χ1v) is 15.3. The van der Waals surface area contributed by atoms with Gasteiger partial charge in [-0.3, -0.25) is 4.90 Å². The van der Waals surface area contributed by atoms with Crippen molar-refractivity contribution in [3.05, 3.63) is 77.0 Å². The van der Waals surface area contributed by atoms with Crippen molar-refractivity contribution >= 4 is 18.2 Å². The van der Waals surface area contributed by atoms with Crippen LogP contribution in [-0.4, -0.2) is 54.6 Å². The van der Waals surface area contributed by atoms with Crippen molar-refractivity contribution in [2.75, 3.05) is 25.1 Å². The van der Waals surface area contributed by atoms with E-state index in [1.54, 1.807) is 7.11 Å². The zero-order chi connectivity index (χ0) is 29.2. The SMILES string of the molecule is COc1ccc(C2CCC(C=O)CC2)cc1-c1ccc(N2CCC2)nc1CN1C(=O)O[C@H](C2=CC=CC(C)=CC2)[C@@H]1C. The molecule has 0 N–H and O–H groups in total. The van der Waals surface area contributed by atoms with Crippen molar-refractivity contribution in [3.8, 4) is 16.9 Å². The van der Waals surface area contributed by atoms with Gasteiger partial charge < -0.3 is 19.2 Å². The van der Waals surface area contributed by atoms with Gasteiger partial charge in [0.15, 0.2) is 0 Å². The minimum Gasteiger partial charge on any atom is -0.496 e. The van der Waals surface area contributed by atoms with Crippen LogP contribution in [0.5, 0.6) is 5.75 Å². The van der Waals surface area contributed by atoms with E-state index < -0.39 is 0 Å².